The van der Waals surface area contributed by atoms with Crippen LogP contribution in [0.3, 0.4) is 0 Å². The zero-order valence-corrected chi connectivity index (χ0v) is 8.16. The average Bonchev–Trinajstić information content (AvgIpc) is 2.05. The molecule has 0 spiro atoms. The van der Waals surface area contributed by atoms with Gasteiger partial charge in [0.2, 0.25) is 0 Å². The summed E-state index contributed by atoms with van der Waals surface area (Å²) in [7, 11) is 0. The number of benzene rings is 1. The Bertz CT molecular complexity index is 253. The highest BCUT2D eigenvalue weighted by Crippen LogP contribution is 2.14. The molecule has 3 heteroatoms. The number of hydrogen-bond acceptors (Lipinski definition) is 2. The maximum atomic E-state index is 10.8. The van der Waals surface area contributed by atoms with Gasteiger partial charge < -0.3 is 3.07 Å². The van der Waals surface area contributed by atoms with Crippen LogP contribution in [0.25, 0.3) is 0 Å². The summed E-state index contributed by atoms with van der Waals surface area (Å²) in [6.07, 6.45) is 0. The summed E-state index contributed by atoms with van der Waals surface area (Å²) in [6.45, 7) is 1.54. The fraction of sp³-hybridized carbons (Fsp3) is 0.125. The number of rotatable bonds is 2. The number of carbonyl (C=O) groups excluding carboxylic acids is 1. The largest absolute Gasteiger partial charge is 0.428 e. The van der Waals surface area contributed by atoms with Gasteiger partial charge >= 0.3 is 0 Å². The Morgan fingerprint density at radius 2 is 1.91 bits per heavy atom. The highest BCUT2D eigenvalue weighted by atomic mass is 127. The fourth-order valence-corrected chi connectivity index (χ4v) is 1.03. The van der Waals surface area contributed by atoms with Crippen LogP contribution in [0.1, 0.15) is 17.3 Å². The topological polar surface area (TPSA) is 26.3 Å². The third kappa shape index (κ3) is 2.18. The van der Waals surface area contributed by atoms with Crippen LogP contribution in [0.2, 0.25) is 0 Å². The Kier molecular flexibility index (Phi) is 2.87. The highest BCUT2D eigenvalue weighted by Gasteiger charge is 1.97. The first-order valence-electron chi connectivity index (χ1n) is 3.13. The van der Waals surface area contributed by atoms with Crippen LogP contribution in [-0.2, 0) is 0 Å². The van der Waals surface area contributed by atoms with E-state index in [-0.39, 0.29) is 5.78 Å². The van der Waals surface area contributed by atoms with E-state index in [2.05, 4.69) is 0 Å². The van der Waals surface area contributed by atoms with Gasteiger partial charge in [0, 0.05) is 5.56 Å². The molecular formula is C8H7IO2. The van der Waals surface area contributed by atoms with E-state index in [1.54, 1.807) is 54.2 Å². The van der Waals surface area contributed by atoms with Crippen molar-refractivity contribution in [2.24, 2.45) is 0 Å². The predicted octanol–water partition coefficient (Wildman–Crippen LogP) is 2.62. The van der Waals surface area contributed by atoms with Crippen LogP contribution >= 0.6 is 23.0 Å². The Balaban J connectivity index is 2.91. The smallest absolute Gasteiger partial charge is 0.192 e. The lowest BCUT2D eigenvalue weighted by atomic mass is 10.1. The van der Waals surface area contributed by atoms with Crippen molar-refractivity contribution >= 4 is 28.8 Å². The molecule has 0 aliphatic rings. The van der Waals surface area contributed by atoms with Crippen molar-refractivity contribution in [2.45, 2.75) is 6.92 Å². The molecule has 0 bridgehead atoms. The Labute approximate surface area is 79.2 Å². The van der Waals surface area contributed by atoms with Crippen molar-refractivity contribution < 1.29 is 7.86 Å². The molecule has 0 heterocycles. The van der Waals surface area contributed by atoms with Crippen molar-refractivity contribution in [2.75, 3.05) is 0 Å². The quantitative estimate of drug-likeness (QED) is 0.605. The molecule has 0 aliphatic heterocycles. The first-order chi connectivity index (χ1) is 5.24. The number of carbonyl (C=O) groups is 1. The molecule has 0 unspecified atom stereocenters. The average molecular weight is 262 g/mol. The zero-order chi connectivity index (χ0) is 8.27. The fourth-order valence-electron chi connectivity index (χ4n) is 0.741. The second-order valence-electron chi connectivity index (χ2n) is 2.16. The first-order valence-corrected chi connectivity index (χ1v) is 4.01. The molecule has 2 nitrogen and oxygen atoms in total. The van der Waals surface area contributed by atoms with E-state index < -0.39 is 0 Å². The predicted molar refractivity (Wildman–Crippen MR) is 51.1 cm³/mol. The molecule has 0 amide bonds. The number of halogens is 1. The highest BCUT2D eigenvalue weighted by molar-refractivity contribution is 14.1. The minimum atomic E-state index is 0.0741. The number of hydrogen-bond donors (Lipinski definition) is 0. The van der Waals surface area contributed by atoms with Crippen molar-refractivity contribution in [1.29, 1.82) is 0 Å². The minimum absolute atomic E-state index is 0.0741. The maximum absolute atomic E-state index is 10.8. The van der Waals surface area contributed by atoms with Crippen LogP contribution < -0.4 is 3.07 Å². The molecule has 1 aromatic rings. The van der Waals surface area contributed by atoms with Crippen molar-refractivity contribution in [3.8, 4) is 5.75 Å². The molecule has 0 radical (unpaired) electrons. The number of Topliss-reactive ketones (excluding diaryl/α,β-unsaturated/α-hetero) is 1. The van der Waals surface area contributed by atoms with Gasteiger partial charge in [-0.2, -0.15) is 0 Å². The van der Waals surface area contributed by atoms with Crippen LogP contribution in [0.4, 0.5) is 0 Å². The third-order valence-corrected chi connectivity index (χ3v) is 1.86. The standard InChI is InChI=1S/C8H7IO2/c1-6(10)7-2-4-8(11-9)5-3-7/h2-5H,1H3. The van der Waals surface area contributed by atoms with Gasteiger partial charge in [0.1, 0.15) is 5.75 Å². The van der Waals surface area contributed by atoms with E-state index in [1.807, 2.05) is 0 Å². The van der Waals surface area contributed by atoms with E-state index in [0.717, 1.165) is 5.75 Å². The second-order valence-corrected chi connectivity index (χ2v) is 2.60. The summed E-state index contributed by atoms with van der Waals surface area (Å²) in [4.78, 5) is 10.8. The van der Waals surface area contributed by atoms with Gasteiger partial charge in [0.25, 0.3) is 0 Å². The summed E-state index contributed by atoms with van der Waals surface area (Å²) in [6, 6.07) is 7.03. The second kappa shape index (κ2) is 3.71. The molecule has 0 aromatic heterocycles. The van der Waals surface area contributed by atoms with E-state index in [4.69, 9.17) is 3.07 Å². The molecule has 0 saturated carbocycles. The summed E-state index contributed by atoms with van der Waals surface area (Å²) < 4.78 is 4.91. The molecule has 11 heavy (non-hydrogen) atoms. The summed E-state index contributed by atoms with van der Waals surface area (Å²) in [5, 5.41) is 0. The number of ketones is 1. The van der Waals surface area contributed by atoms with E-state index in [1.165, 1.54) is 0 Å². The maximum Gasteiger partial charge on any atom is 0.192 e. The third-order valence-electron chi connectivity index (χ3n) is 1.35. The molecule has 0 N–H and O–H groups in total. The summed E-state index contributed by atoms with van der Waals surface area (Å²) >= 11 is 1.80. The Morgan fingerprint density at radius 3 is 2.27 bits per heavy atom. The normalized spacial score (nSPS) is 9.27. The van der Waals surface area contributed by atoms with Gasteiger partial charge in [0.15, 0.2) is 28.8 Å². The Morgan fingerprint density at radius 1 is 1.36 bits per heavy atom. The van der Waals surface area contributed by atoms with Crippen LogP contribution in [-0.4, -0.2) is 5.78 Å². The monoisotopic (exact) mass is 262 g/mol. The molecule has 0 atom stereocenters. The van der Waals surface area contributed by atoms with Crippen molar-refractivity contribution in [3.05, 3.63) is 29.8 Å². The molecule has 0 saturated heterocycles. The van der Waals surface area contributed by atoms with E-state index >= 15 is 0 Å². The first kappa shape index (κ1) is 8.52. The molecule has 58 valence electrons. The van der Waals surface area contributed by atoms with Gasteiger partial charge in [-0.05, 0) is 31.2 Å². The van der Waals surface area contributed by atoms with Crippen LogP contribution in [0.5, 0.6) is 5.75 Å². The molecular weight excluding hydrogens is 255 g/mol. The minimum Gasteiger partial charge on any atom is -0.428 e. The van der Waals surface area contributed by atoms with E-state index in [0.29, 0.717) is 5.56 Å². The van der Waals surface area contributed by atoms with Crippen molar-refractivity contribution in [1.82, 2.24) is 0 Å². The van der Waals surface area contributed by atoms with Gasteiger partial charge in [-0.3, -0.25) is 4.79 Å². The lowest BCUT2D eigenvalue weighted by Crippen LogP contribution is -1.89. The SMILES string of the molecule is CC(=O)c1ccc(OI)cc1. The van der Waals surface area contributed by atoms with Gasteiger partial charge in [-0.15, -0.1) is 0 Å². The lowest BCUT2D eigenvalue weighted by Gasteiger charge is -1.96. The molecule has 1 rings (SSSR count). The molecule has 1 aromatic carbocycles. The van der Waals surface area contributed by atoms with E-state index in [9.17, 15) is 4.79 Å². The van der Waals surface area contributed by atoms with Crippen LogP contribution in [0.15, 0.2) is 24.3 Å². The molecule has 0 fully saturated rings. The summed E-state index contributed by atoms with van der Waals surface area (Å²) in [5.41, 5.74) is 0.710. The zero-order valence-electron chi connectivity index (χ0n) is 6.00. The molecule has 0 aliphatic carbocycles. The lowest BCUT2D eigenvalue weighted by molar-refractivity contribution is 0.101. The van der Waals surface area contributed by atoms with Crippen molar-refractivity contribution in [3.63, 3.8) is 0 Å². The van der Waals surface area contributed by atoms with Crippen LogP contribution in [0, 0.1) is 0 Å². The Hall–Kier alpha value is -0.580. The summed E-state index contributed by atoms with van der Waals surface area (Å²) in [5.74, 6) is 0.834. The van der Waals surface area contributed by atoms with Gasteiger partial charge in [0.05, 0.1) is 0 Å². The van der Waals surface area contributed by atoms with Gasteiger partial charge in [-0.25, -0.2) is 0 Å². The van der Waals surface area contributed by atoms with Gasteiger partial charge in [-0.1, -0.05) is 0 Å².